The van der Waals surface area contributed by atoms with Gasteiger partial charge in [-0.3, -0.25) is 0 Å². The van der Waals surface area contributed by atoms with Crippen LogP contribution in [0.2, 0.25) is 0 Å². The topological polar surface area (TPSA) is 12.0 Å². The summed E-state index contributed by atoms with van der Waals surface area (Å²) in [6.45, 7) is 4.56. The van der Waals surface area contributed by atoms with E-state index < -0.39 is 0 Å². The Bertz CT molecular complexity index is 288. The first-order chi connectivity index (χ1) is 7.34. The second kappa shape index (κ2) is 5.57. The largest absolute Gasteiger partial charge is 0.316 e. The summed E-state index contributed by atoms with van der Waals surface area (Å²) < 4.78 is 0. The Morgan fingerprint density at radius 1 is 1.33 bits per heavy atom. The first kappa shape index (κ1) is 11.0. The molecule has 0 spiro atoms. The lowest BCUT2D eigenvalue weighted by atomic mass is 10.0. The van der Waals surface area contributed by atoms with E-state index in [4.69, 9.17) is 0 Å². The van der Waals surface area contributed by atoms with Crippen LogP contribution in [0.3, 0.4) is 0 Å². The Kier molecular flexibility index (Phi) is 4.09. The average Bonchev–Trinajstić information content (AvgIpc) is 2.30. The molecule has 15 heavy (non-hydrogen) atoms. The third kappa shape index (κ3) is 3.54. The van der Waals surface area contributed by atoms with Crippen molar-refractivity contribution in [2.75, 3.05) is 18.8 Å². The molecule has 1 aromatic rings. The Morgan fingerprint density at radius 3 is 2.80 bits per heavy atom. The first-order valence-corrected chi connectivity index (χ1v) is 6.73. The maximum atomic E-state index is 3.47. The molecule has 2 rings (SSSR count). The fourth-order valence-corrected chi connectivity index (χ4v) is 2.96. The van der Waals surface area contributed by atoms with E-state index in [1.807, 2.05) is 11.8 Å². The van der Waals surface area contributed by atoms with Crippen molar-refractivity contribution in [1.82, 2.24) is 5.32 Å². The van der Waals surface area contributed by atoms with Gasteiger partial charge in [0.25, 0.3) is 0 Å². The summed E-state index contributed by atoms with van der Waals surface area (Å²) in [7, 11) is 0. The molecule has 0 bridgehead atoms. The number of nitrogens with one attached hydrogen (secondary N) is 1. The summed E-state index contributed by atoms with van der Waals surface area (Å²) in [6, 6.07) is 8.86. The van der Waals surface area contributed by atoms with Gasteiger partial charge in [0.1, 0.15) is 0 Å². The number of benzene rings is 1. The molecule has 0 saturated carbocycles. The second-order valence-electron chi connectivity index (χ2n) is 4.34. The van der Waals surface area contributed by atoms with Crippen LogP contribution in [0.1, 0.15) is 18.4 Å². The summed E-state index contributed by atoms with van der Waals surface area (Å²) in [4.78, 5) is 1.41. The van der Waals surface area contributed by atoms with E-state index >= 15 is 0 Å². The SMILES string of the molecule is Cc1ccc(SC[C@H]2CCCNC2)cc1. The zero-order chi connectivity index (χ0) is 10.5. The van der Waals surface area contributed by atoms with Gasteiger partial charge in [-0.15, -0.1) is 11.8 Å². The second-order valence-corrected chi connectivity index (χ2v) is 5.43. The summed E-state index contributed by atoms with van der Waals surface area (Å²) in [5.74, 6) is 2.13. The van der Waals surface area contributed by atoms with E-state index in [2.05, 4.69) is 36.5 Å². The molecule has 1 aliphatic heterocycles. The lowest BCUT2D eigenvalue weighted by Gasteiger charge is -2.22. The van der Waals surface area contributed by atoms with E-state index in [-0.39, 0.29) is 0 Å². The molecule has 0 aromatic heterocycles. The number of aryl methyl sites for hydroxylation is 1. The number of piperidine rings is 1. The molecular weight excluding hydrogens is 202 g/mol. The molecule has 0 aliphatic carbocycles. The molecular formula is C13H19NS. The van der Waals surface area contributed by atoms with Crippen LogP contribution in [0.4, 0.5) is 0 Å². The number of hydrogen-bond donors (Lipinski definition) is 1. The molecule has 2 heteroatoms. The highest BCUT2D eigenvalue weighted by molar-refractivity contribution is 7.99. The van der Waals surface area contributed by atoms with Gasteiger partial charge >= 0.3 is 0 Å². The van der Waals surface area contributed by atoms with Gasteiger partial charge in [0.15, 0.2) is 0 Å². The van der Waals surface area contributed by atoms with Crippen molar-refractivity contribution in [3.8, 4) is 0 Å². The van der Waals surface area contributed by atoms with Gasteiger partial charge < -0.3 is 5.32 Å². The van der Waals surface area contributed by atoms with Crippen molar-refractivity contribution >= 4 is 11.8 Å². The molecule has 1 atom stereocenters. The van der Waals surface area contributed by atoms with Crippen LogP contribution in [0.25, 0.3) is 0 Å². The molecule has 1 fully saturated rings. The summed E-state index contributed by atoms with van der Waals surface area (Å²) in [6.07, 6.45) is 2.74. The Hall–Kier alpha value is -0.470. The van der Waals surface area contributed by atoms with Crippen LogP contribution in [0, 0.1) is 12.8 Å². The Morgan fingerprint density at radius 2 is 2.13 bits per heavy atom. The molecule has 1 N–H and O–H groups in total. The Labute approximate surface area is 96.7 Å². The predicted octanol–water partition coefficient (Wildman–Crippen LogP) is 3.09. The van der Waals surface area contributed by atoms with Crippen molar-refractivity contribution in [2.45, 2.75) is 24.7 Å². The van der Waals surface area contributed by atoms with Gasteiger partial charge in [0, 0.05) is 10.6 Å². The highest BCUT2D eigenvalue weighted by Gasteiger charge is 2.12. The zero-order valence-electron chi connectivity index (χ0n) is 9.33. The van der Waals surface area contributed by atoms with Crippen LogP contribution >= 0.6 is 11.8 Å². The standard InChI is InChI=1S/C13H19NS/c1-11-4-6-13(7-5-11)15-10-12-3-2-8-14-9-12/h4-7,12,14H,2-3,8-10H2,1H3/t12-/m0/s1. The van der Waals surface area contributed by atoms with E-state index in [9.17, 15) is 0 Å². The minimum atomic E-state index is 0.866. The van der Waals surface area contributed by atoms with Crippen molar-refractivity contribution < 1.29 is 0 Å². The molecule has 1 nitrogen and oxygen atoms in total. The molecule has 0 unspecified atom stereocenters. The highest BCUT2D eigenvalue weighted by atomic mass is 32.2. The van der Waals surface area contributed by atoms with Crippen molar-refractivity contribution in [1.29, 1.82) is 0 Å². The van der Waals surface area contributed by atoms with Gasteiger partial charge in [-0.05, 0) is 50.9 Å². The van der Waals surface area contributed by atoms with Gasteiger partial charge in [0.05, 0.1) is 0 Å². The first-order valence-electron chi connectivity index (χ1n) is 5.75. The third-order valence-corrected chi connectivity index (χ3v) is 4.15. The zero-order valence-corrected chi connectivity index (χ0v) is 10.1. The van der Waals surface area contributed by atoms with Crippen molar-refractivity contribution in [2.24, 2.45) is 5.92 Å². The fraction of sp³-hybridized carbons (Fsp3) is 0.538. The van der Waals surface area contributed by atoms with Gasteiger partial charge in [0.2, 0.25) is 0 Å². The van der Waals surface area contributed by atoms with E-state index in [1.54, 1.807) is 0 Å². The highest BCUT2D eigenvalue weighted by Crippen LogP contribution is 2.23. The number of rotatable bonds is 3. The van der Waals surface area contributed by atoms with Crippen LogP contribution in [-0.4, -0.2) is 18.8 Å². The van der Waals surface area contributed by atoms with Crippen LogP contribution in [0.5, 0.6) is 0 Å². The van der Waals surface area contributed by atoms with Gasteiger partial charge in [-0.25, -0.2) is 0 Å². The van der Waals surface area contributed by atoms with E-state index in [0.717, 1.165) is 5.92 Å². The summed E-state index contributed by atoms with van der Waals surface area (Å²) >= 11 is 2.00. The minimum Gasteiger partial charge on any atom is -0.316 e. The maximum Gasteiger partial charge on any atom is 0.00722 e. The molecule has 0 amide bonds. The molecule has 82 valence electrons. The molecule has 0 radical (unpaired) electrons. The lowest BCUT2D eigenvalue weighted by Crippen LogP contribution is -2.30. The summed E-state index contributed by atoms with van der Waals surface area (Å²) in [5.41, 5.74) is 1.35. The van der Waals surface area contributed by atoms with Gasteiger partial charge in [-0.2, -0.15) is 0 Å². The van der Waals surface area contributed by atoms with Crippen molar-refractivity contribution in [3.05, 3.63) is 29.8 Å². The fourth-order valence-electron chi connectivity index (χ4n) is 1.91. The molecule has 1 saturated heterocycles. The van der Waals surface area contributed by atoms with Crippen LogP contribution in [-0.2, 0) is 0 Å². The monoisotopic (exact) mass is 221 g/mol. The average molecular weight is 221 g/mol. The van der Waals surface area contributed by atoms with Crippen molar-refractivity contribution in [3.63, 3.8) is 0 Å². The third-order valence-electron chi connectivity index (χ3n) is 2.91. The van der Waals surface area contributed by atoms with E-state index in [0.29, 0.717) is 0 Å². The lowest BCUT2D eigenvalue weighted by molar-refractivity contribution is 0.410. The molecule has 1 heterocycles. The minimum absolute atomic E-state index is 0.866. The number of thioether (sulfide) groups is 1. The number of hydrogen-bond acceptors (Lipinski definition) is 2. The maximum absolute atomic E-state index is 3.47. The predicted molar refractivity (Wildman–Crippen MR) is 67.5 cm³/mol. The normalized spacial score (nSPS) is 21.5. The summed E-state index contributed by atoms with van der Waals surface area (Å²) in [5, 5.41) is 3.47. The smallest absolute Gasteiger partial charge is 0.00722 e. The van der Waals surface area contributed by atoms with Crippen LogP contribution < -0.4 is 5.32 Å². The van der Waals surface area contributed by atoms with E-state index in [1.165, 1.54) is 42.1 Å². The molecule has 1 aromatic carbocycles. The van der Waals surface area contributed by atoms with Gasteiger partial charge in [-0.1, -0.05) is 17.7 Å². The molecule has 1 aliphatic rings. The van der Waals surface area contributed by atoms with Crippen LogP contribution in [0.15, 0.2) is 29.2 Å². The quantitative estimate of drug-likeness (QED) is 0.787. The Balaban J connectivity index is 1.79.